The van der Waals surface area contributed by atoms with Crippen LogP contribution in [0.15, 0.2) is 66.9 Å². The summed E-state index contributed by atoms with van der Waals surface area (Å²) < 4.78 is 18.9. The van der Waals surface area contributed by atoms with Crippen molar-refractivity contribution in [1.29, 1.82) is 0 Å². The third-order valence-electron chi connectivity index (χ3n) is 10.1. The van der Waals surface area contributed by atoms with Crippen LogP contribution < -0.4 is 21.1 Å². The molecule has 5 rings (SSSR count). The summed E-state index contributed by atoms with van der Waals surface area (Å²) in [5, 5.41) is 15.9. The van der Waals surface area contributed by atoms with Crippen LogP contribution in [0.2, 0.25) is 0 Å². The van der Waals surface area contributed by atoms with E-state index in [2.05, 4.69) is 58.6 Å². The van der Waals surface area contributed by atoms with Gasteiger partial charge in [-0.3, -0.25) is 19.3 Å². The molecule has 2 aromatic carbocycles. The fourth-order valence-corrected chi connectivity index (χ4v) is 6.71. The van der Waals surface area contributed by atoms with E-state index in [-0.39, 0.29) is 31.8 Å². The molecule has 2 heterocycles. The first-order valence-corrected chi connectivity index (χ1v) is 20.7. The summed E-state index contributed by atoms with van der Waals surface area (Å²) >= 11 is 0. The molecule has 1 aromatic heterocycles. The summed E-state index contributed by atoms with van der Waals surface area (Å²) in [5.74, 6) is -0.825. The van der Waals surface area contributed by atoms with Crippen molar-refractivity contribution in [3.8, 4) is 17.0 Å². The van der Waals surface area contributed by atoms with Gasteiger partial charge in [0.15, 0.2) is 0 Å². The second-order valence-electron chi connectivity index (χ2n) is 16.1. The Balaban J connectivity index is 0.000000378. The number of ether oxygens (including phenoxy) is 1. The number of benzene rings is 2. The van der Waals surface area contributed by atoms with Crippen LogP contribution in [0.1, 0.15) is 104 Å². The van der Waals surface area contributed by atoms with Crippen molar-refractivity contribution in [2.24, 2.45) is 23.0 Å². The van der Waals surface area contributed by atoms with Gasteiger partial charge in [0.2, 0.25) is 23.6 Å². The van der Waals surface area contributed by atoms with Crippen molar-refractivity contribution in [3.63, 3.8) is 0 Å². The Bertz CT molecular complexity index is 1600. The number of methoxy groups -OCH3 is 1. The maximum absolute atomic E-state index is 13.9. The summed E-state index contributed by atoms with van der Waals surface area (Å²) in [7, 11) is 1.62. The summed E-state index contributed by atoms with van der Waals surface area (Å²) in [6.45, 7) is 15.9. The number of aliphatic hydroxyl groups is 1. The number of rotatable bonds is 13. The number of aromatic nitrogens is 1. The van der Waals surface area contributed by atoms with E-state index in [1.807, 2.05) is 52.9 Å². The van der Waals surface area contributed by atoms with Crippen molar-refractivity contribution in [2.45, 2.75) is 118 Å². The molecule has 11 heteroatoms. The van der Waals surface area contributed by atoms with E-state index in [1.54, 1.807) is 25.3 Å². The van der Waals surface area contributed by atoms with Gasteiger partial charge in [0.1, 0.15) is 11.9 Å². The lowest BCUT2D eigenvalue weighted by molar-refractivity contribution is -0.132. The van der Waals surface area contributed by atoms with Gasteiger partial charge < -0.3 is 26.2 Å². The number of hydrogen-bond donors (Lipinski definition) is 4. The van der Waals surface area contributed by atoms with Gasteiger partial charge in [-0.15, -0.1) is 0 Å². The number of aliphatic hydroxyl groups excluding tert-OH is 1. The average Bonchev–Trinajstić information content (AvgIpc) is 3.71. The Kier molecular flexibility index (Phi) is 22.1. The standard InChI is InChI=1S/C24H37FN4O4.C13H13NO.C7H14.C2H6/c1-24(2,3)21(28-20(31)15-29-10-6-7-11-29)23(33)27-14-18(30)13-17(22(26)32)12-16-8-4-5-9-19(16)25;1-10-3-5-11(6-4-10)12-7-8-13(15-2)14-9-12;1-7-5-3-2-4-6-7;1-2/h4-5,8-9,17-18,21,30H,6-7,10-15H2,1-3H3,(H2,26,32)(H,27,33)(H,28,31);3-9H,1-2H3;7H,2-6H2,1H3;1-2H3/t17?,18-,21?;;;/m0.../s1. The molecule has 3 amide bonds. The van der Waals surface area contributed by atoms with Crippen LogP contribution in [-0.4, -0.2) is 78.1 Å². The quantitative estimate of drug-likeness (QED) is 0.139. The van der Waals surface area contributed by atoms with Crippen LogP contribution in [0.25, 0.3) is 11.1 Å². The highest BCUT2D eigenvalue weighted by Crippen LogP contribution is 2.23. The zero-order chi connectivity index (χ0) is 42.4. The monoisotopic (exact) mass is 792 g/mol. The van der Waals surface area contributed by atoms with Crippen molar-refractivity contribution in [3.05, 3.63) is 83.8 Å². The maximum Gasteiger partial charge on any atom is 0.243 e. The summed E-state index contributed by atoms with van der Waals surface area (Å²) in [6, 6.07) is 17.6. The molecule has 0 radical (unpaired) electrons. The number of nitrogens with two attached hydrogens (primary N) is 1. The number of primary amides is 1. The molecule has 5 N–H and O–H groups in total. The molecule has 1 saturated heterocycles. The number of carbonyl (C=O) groups is 3. The lowest BCUT2D eigenvalue weighted by Crippen LogP contribution is -2.56. The molecule has 0 bridgehead atoms. The minimum absolute atomic E-state index is 0.0224. The SMILES string of the molecule is CC.CC(C)(C)C(NC(=O)CN1CCCC1)C(=O)NC[C@@H](O)CC(Cc1ccccc1F)C(N)=O.CC1CCCCC1.COc1ccc(-c2ccc(C)cc2)cn1. The largest absolute Gasteiger partial charge is 0.481 e. The predicted octanol–water partition coefficient (Wildman–Crippen LogP) is 7.64. The van der Waals surface area contributed by atoms with Crippen LogP contribution in [0.5, 0.6) is 5.88 Å². The van der Waals surface area contributed by atoms with Gasteiger partial charge >= 0.3 is 0 Å². The Morgan fingerprint density at radius 1 is 0.947 bits per heavy atom. The normalized spacial score (nSPS) is 15.8. The number of nitrogens with zero attached hydrogens (tertiary/aromatic N) is 2. The van der Waals surface area contributed by atoms with Crippen LogP contribution in [0.4, 0.5) is 4.39 Å². The fourth-order valence-electron chi connectivity index (χ4n) is 6.71. The highest BCUT2D eigenvalue weighted by atomic mass is 19.1. The molecule has 1 saturated carbocycles. The minimum Gasteiger partial charge on any atom is -0.481 e. The smallest absolute Gasteiger partial charge is 0.243 e. The first-order chi connectivity index (χ1) is 27.2. The average molecular weight is 792 g/mol. The van der Waals surface area contributed by atoms with Crippen molar-refractivity contribution < 1.29 is 28.6 Å². The Morgan fingerprint density at radius 3 is 2.07 bits per heavy atom. The van der Waals surface area contributed by atoms with E-state index in [0.717, 1.165) is 37.4 Å². The van der Waals surface area contributed by atoms with Gasteiger partial charge in [0.05, 0.1) is 19.8 Å². The van der Waals surface area contributed by atoms with E-state index < -0.39 is 41.1 Å². The molecule has 316 valence electrons. The topological polar surface area (TPSA) is 147 Å². The van der Waals surface area contributed by atoms with Gasteiger partial charge in [0.25, 0.3) is 0 Å². The van der Waals surface area contributed by atoms with Gasteiger partial charge in [-0.05, 0) is 80.3 Å². The summed E-state index contributed by atoms with van der Waals surface area (Å²) in [5.41, 5.74) is 8.80. The van der Waals surface area contributed by atoms with E-state index in [0.29, 0.717) is 11.4 Å². The van der Waals surface area contributed by atoms with E-state index >= 15 is 0 Å². The van der Waals surface area contributed by atoms with Gasteiger partial charge in [-0.25, -0.2) is 9.37 Å². The molecule has 2 unspecified atom stereocenters. The molecule has 3 atom stereocenters. The lowest BCUT2D eigenvalue weighted by Gasteiger charge is -2.31. The number of carbonyl (C=O) groups excluding carboxylic acids is 3. The lowest BCUT2D eigenvalue weighted by atomic mass is 9.86. The third-order valence-corrected chi connectivity index (χ3v) is 10.1. The molecule has 57 heavy (non-hydrogen) atoms. The van der Waals surface area contributed by atoms with Crippen LogP contribution >= 0.6 is 0 Å². The zero-order valence-corrected chi connectivity index (χ0v) is 35.8. The first kappa shape index (κ1) is 48.8. The Hall–Kier alpha value is -4.35. The molecule has 1 aliphatic heterocycles. The highest BCUT2D eigenvalue weighted by molar-refractivity contribution is 5.89. The molecule has 10 nitrogen and oxygen atoms in total. The van der Waals surface area contributed by atoms with Gasteiger partial charge in [0, 0.05) is 30.3 Å². The van der Waals surface area contributed by atoms with E-state index in [9.17, 15) is 23.9 Å². The molecule has 1 aliphatic carbocycles. The number of amides is 3. The number of nitrogens with one attached hydrogen (secondary N) is 2. The second kappa shape index (κ2) is 25.8. The Morgan fingerprint density at radius 2 is 1.56 bits per heavy atom. The minimum atomic E-state index is -1.06. The number of likely N-dealkylation sites (tertiary alicyclic amines) is 1. The second-order valence-corrected chi connectivity index (χ2v) is 16.1. The molecule has 0 spiro atoms. The number of aryl methyl sites for hydroxylation is 1. The van der Waals surface area contributed by atoms with Crippen LogP contribution in [0, 0.1) is 30.0 Å². The Labute approximate surface area is 341 Å². The maximum atomic E-state index is 13.9. The molecular formula is C46H70FN5O5. The first-order valence-electron chi connectivity index (χ1n) is 20.7. The van der Waals surface area contributed by atoms with Gasteiger partial charge in [-0.1, -0.05) is 122 Å². The zero-order valence-electron chi connectivity index (χ0n) is 35.8. The fraction of sp³-hybridized carbons (Fsp3) is 0.565. The highest BCUT2D eigenvalue weighted by Gasteiger charge is 2.33. The number of hydrogen-bond acceptors (Lipinski definition) is 7. The number of pyridine rings is 1. The van der Waals surface area contributed by atoms with Crippen molar-refractivity contribution in [1.82, 2.24) is 20.5 Å². The van der Waals surface area contributed by atoms with E-state index in [4.69, 9.17) is 10.5 Å². The third kappa shape index (κ3) is 18.6. The van der Waals surface area contributed by atoms with Gasteiger partial charge in [-0.2, -0.15) is 0 Å². The van der Waals surface area contributed by atoms with Crippen LogP contribution in [0.3, 0.4) is 0 Å². The predicted molar refractivity (Wildman–Crippen MR) is 228 cm³/mol. The summed E-state index contributed by atoms with van der Waals surface area (Å²) in [4.78, 5) is 43.4. The molecule has 2 fully saturated rings. The van der Waals surface area contributed by atoms with Crippen molar-refractivity contribution in [2.75, 3.05) is 33.3 Å². The van der Waals surface area contributed by atoms with Crippen molar-refractivity contribution >= 4 is 17.7 Å². The van der Waals surface area contributed by atoms with Crippen LogP contribution in [-0.2, 0) is 20.8 Å². The molecule has 3 aromatic rings. The molecule has 2 aliphatic rings. The summed E-state index contributed by atoms with van der Waals surface area (Å²) in [6.07, 6.45) is 10.4. The molecular weight excluding hydrogens is 722 g/mol. The van der Waals surface area contributed by atoms with E-state index in [1.165, 1.54) is 49.3 Å². The number of halogens is 1.